The highest BCUT2D eigenvalue weighted by atomic mass is 32.1. The number of fused-ring (bicyclic) bond motifs is 1. The molecule has 1 heterocycles. The number of hydrazine groups is 1. The molecule has 1 aliphatic rings. The summed E-state index contributed by atoms with van der Waals surface area (Å²) in [5.74, 6) is 0.693. The van der Waals surface area contributed by atoms with Gasteiger partial charge in [-0.15, -0.1) is 0 Å². The summed E-state index contributed by atoms with van der Waals surface area (Å²) in [6.07, 6.45) is 0.668. The number of thiocarbonyl (C=S) groups is 1. The second-order valence-electron chi connectivity index (χ2n) is 6.82. The predicted molar refractivity (Wildman–Crippen MR) is 115 cm³/mol. The molecule has 2 aromatic rings. The Balaban J connectivity index is 2.14. The molecule has 0 fully saturated rings. The Kier molecular flexibility index (Phi) is 6.92. The summed E-state index contributed by atoms with van der Waals surface area (Å²) < 4.78 is 10.9. The lowest BCUT2D eigenvalue weighted by Gasteiger charge is -2.46. The number of hydrogen-bond donors (Lipinski definition) is 3. The summed E-state index contributed by atoms with van der Waals surface area (Å²) in [6.45, 7) is 0.0672. The van der Waals surface area contributed by atoms with E-state index < -0.39 is 12.0 Å². The lowest BCUT2D eigenvalue weighted by Crippen LogP contribution is -2.53. The van der Waals surface area contributed by atoms with Crippen LogP contribution in [0.2, 0.25) is 0 Å². The van der Waals surface area contributed by atoms with Gasteiger partial charge in [-0.05, 0) is 54.0 Å². The van der Waals surface area contributed by atoms with Gasteiger partial charge in [0, 0.05) is 25.7 Å². The van der Waals surface area contributed by atoms with Gasteiger partial charge < -0.3 is 24.8 Å². The summed E-state index contributed by atoms with van der Waals surface area (Å²) in [7, 11) is 3.15. The number of hydrogen-bond acceptors (Lipinski definition) is 6. The minimum atomic E-state index is -0.493. The zero-order valence-corrected chi connectivity index (χ0v) is 17.3. The fourth-order valence-corrected chi connectivity index (χ4v) is 4.09. The van der Waals surface area contributed by atoms with Gasteiger partial charge in [-0.1, -0.05) is 18.2 Å². The number of aliphatic hydroxyl groups excluding tert-OH is 3. The van der Waals surface area contributed by atoms with Crippen molar-refractivity contribution >= 4 is 23.1 Å². The fraction of sp³-hybridized carbons (Fsp3) is 0.381. The summed E-state index contributed by atoms with van der Waals surface area (Å²) in [5.41, 5.74) is 2.62. The number of anilines is 1. The molecule has 0 aromatic heterocycles. The van der Waals surface area contributed by atoms with Gasteiger partial charge in [0.25, 0.3) is 5.17 Å². The van der Waals surface area contributed by atoms with Crippen LogP contribution in [0.4, 0.5) is 5.69 Å². The van der Waals surface area contributed by atoms with Gasteiger partial charge in [-0.3, -0.25) is 0 Å². The van der Waals surface area contributed by atoms with Gasteiger partial charge >= 0.3 is 0 Å². The van der Waals surface area contributed by atoms with E-state index in [-0.39, 0.29) is 18.4 Å². The molecule has 7 nitrogen and oxygen atoms in total. The van der Waals surface area contributed by atoms with Crippen LogP contribution in [0.3, 0.4) is 0 Å². The molecule has 1 aliphatic heterocycles. The third-order valence-electron chi connectivity index (χ3n) is 5.25. The van der Waals surface area contributed by atoms with Crippen molar-refractivity contribution in [1.82, 2.24) is 5.01 Å². The quantitative estimate of drug-likeness (QED) is 0.592. The van der Waals surface area contributed by atoms with Crippen LogP contribution in [0.1, 0.15) is 17.2 Å². The van der Waals surface area contributed by atoms with E-state index in [1.165, 1.54) is 0 Å². The number of benzene rings is 2. The molecule has 0 radical (unpaired) electrons. The number of aliphatic hydroxyl groups is 3. The number of ether oxygens (including phenoxy) is 2. The van der Waals surface area contributed by atoms with Gasteiger partial charge in [0.1, 0.15) is 0 Å². The first kappa shape index (κ1) is 21.3. The van der Waals surface area contributed by atoms with Crippen LogP contribution >= 0.6 is 12.2 Å². The lowest BCUT2D eigenvalue weighted by atomic mass is 9.85. The van der Waals surface area contributed by atoms with Crippen LogP contribution in [0.15, 0.2) is 42.5 Å². The van der Waals surface area contributed by atoms with Gasteiger partial charge in [0.05, 0.1) is 25.9 Å². The van der Waals surface area contributed by atoms with Crippen molar-refractivity contribution in [3.05, 3.63) is 53.6 Å². The van der Waals surface area contributed by atoms with Crippen molar-refractivity contribution in [1.29, 1.82) is 0 Å². The topological polar surface area (TPSA) is 85.6 Å². The van der Waals surface area contributed by atoms with E-state index in [4.69, 9.17) is 21.7 Å². The molecule has 8 heteroatoms. The van der Waals surface area contributed by atoms with Crippen molar-refractivity contribution in [2.24, 2.45) is 5.92 Å². The Labute approximate surface area is 175 Å². The summed E-state index contributed by atoms with van der Waals surface area (Å²) in [4.78, 5) is 0. The summed E-state index contributed by atoms with van der Waals surface area (Å²) in [6, 6.07) is 12.6. The molecule has 1 unspecified atom stereocenters. The lowest BCUT2D eigenvalue weighted by molar-refractivity contribution is 0.0504. The number of nitrogens with zero attached hydrogens (tertiary/aromatic N) is 2. The zero-order chi connectivity index (χ0) is 21.0. The highest BCUT2D eigenvalue weighted by Crippen LogP contribution is 2.42. The molecule has 2 aromatic carbocycles. The van der Waals surface area contributed by atoms with Crippen LogP contribution in [0.25, 0.3) is 0 Å². The maximum absolute atomic E-state index is 10.3. The first-order valence-corrected chi connectivity index (χ1v) is 9.77. The van der Waals surface area contributed by atoms with Gasteiger partial charge in [-0.25, -0.2) is 10.0 Å². The largest absolute Gasteiger partial charge is 0.493 e. The predicted octanol–water partition coefficient (Wildman–Crippen LogP) is 2.47. The third-order valence-corrected chi connectivity index (χ3v) is 5.42. The highest BCUT2D eigenvalue weighted by Gasteiger charge is 2.38. The molecule has 0 amide bonds. The van der Waals surface area contributed by atoms with Crippen molar-refractivity contribution in [2.75, 3.05) is 39.0 Å². The third kappa shape index (κ3) is 4.16. The van der Waals surface area contributed by atoms with Crippen LogP contribution in [-0.4, -0.2) is 59.5 Å². The van der Waals surface area contributed by atoms with Gasteiger partial charge in [-0.2, -0.15) is 0 Å². The monoisotopic (exact) mass is 418 g/mol. The van der Waals surface area contributed by atoms with Gasteiger partial charge in [0.2, 0.25) is 0 Å². The minimum Gasteiger partial charge on any atom is -0.493 e. The van der Waals surface area contributed by atoms with Crippen molar-refractivity contribution in [3.8, 4) is 11.5 Å². The van der Waals surface area contributed by atoms with E-state index >= 15 is 0 Å². The Morgan fingerprint density at radius 2 is 1.76 bits per heavy atom. The van der Waals surface area contributed by atoms with Crippen molar-refractivity contribution in [2.45, 2.75) is 12.5 Å². The highest BCUT2D eigenvalue weighted by molar-refractivity contribution is 7.80. The second-order valence-corrected chi connectivity index (χ2v) is 7.18. The van der Waals surface area contributed by atoms with E-state index in [1.807, 2.05) is 47.5 Å². The normalized spacial score (nSPS) is 16.4. The number of para-hydroxylation sites is 1. The molecule has 3 N–H and O–H groups in total. The fourth-order valence-electron chi connectivity index (χ4n) is 3.88. The molecule has 0 bridgehead atoms. The average Bonchev–Trinajstić information content (AvgIpc) is 2.75. The Morgan fingerprint density at radius 1 is 1.14 bits per heavy atom. The maximum Gasteiger partial charge on any atom is 0.276 e. The van der Waals surface area contributed by atoms with Crippen molar-refractivity contribution < 1.29 is 24.8 Å². The molecule has 0 saturated heterocycles. The molecular formula is C21H26N2O5S. The molecule has 3 rings (SSSR count). The molecule has 29 heavy (non-hydrogen) atoms. The SMILES string of the molecule is COc1cc2c(cc1OC)C(C(CO)CO)N(N(C(O)=S)c1ccccc1)CC2. The van der Waals surface area contributed by atoms with Crippen LogP contribution in [-0.2, 0) is 6.42 Å². The number of methoxy groups -OCH3 is 2. The Bertz CT molecular complexity index is 844. The van der Waals surface area contributed by atoms with Crippen LogP contribution < -0.4 is 14.5 Å². The molecule has 0 saturated carbocycles. The smallest absolute Gasteiger partial charge is 0.276 e. The molecular weight excluding hydrogens is 392 g/mol. The molecule has 0 aliphatic carbocycles. The standard InChI is InChI=1S/C21H26N2O5S/c1-27-18-10-14-8-9-22(23(21(26)29)16-6-4-3-5-7-16)20(15(12-24)13-25)17(14)11-19(18)28-2/h3-7,10-11,15,20,24-25H,8-9,12-13H2,1-2H3,(H,26,29). The van der Waals surface area contributed by atoms with Crippen molar-refractivity contribution in [3.63, 3.8) is 0 Å². The van der Waals surface area contributed by atoms with E-state index in [2.05, 4.69) is 0 Å². The van der Waals surface area contributed by atoms with Gasteiger partial charge in [0.15, 0.2) is 11.5 Å². The Morgan fingerprint density at radius 3 is 2.31 bits per heavy atom. The summed E-state index contributed by atoms with van der Waals surface area (Å²) in [5, 5.41) is 33.4. The minimum absolute atomic E-state index is 0.230. The molecule has 1 atom stereocenters. The van der Waals surface area contributed by atoms with E-state index in [0.29, 0.717) is 30.2 Å². The first-order valence-electron chi connectivity index (χ1n) is 9.36. The molecule has 156 valence electrons. The van der Waals surface area contributed by atoms with E-state index in [0.717, 1.165) is 11.1 Å². The zero-order valence-electron chi connectivity index (χ0n) is 16.5. The van der Waals surface area contributed by atoms with E-state index in [9.17, 15) is 15.3 Å². The molecule has 0 spiro atoms. The maximum atomic E-state index is 10.3. The second kappa shape index (κ2) is 9.41. The first-order chi connectivity index (χ1) is 14.0. The van der Waals surface area contributed by atoms with E-state index in [1.54, 1.807) is 19.2 Å². The Hall–Kier alpha value is -2.39. The number of rotatable bonds is 7. The van der Waals surface area contributed by atoms with Crippen LogP contribution in [0, 0.1) is 5.92 Å². The average molecular weight is 419 g/mol. The van der Waals surface area contributed by atoms with Crippen LogP contribution in [0.5, 0.6) is 11.5 Å². The summed E-state index contributed by atoms with van der Waals surface area (Å²) >= 11 is 5.15.